The summed E-state index contributed by atoms with van der Waals surface area (Å²) in [6.07, 6.45) is 0. The average molecular weight is 532 g/mol. The first-order valence-corrected chi connectivity index (χ1v) is 11.7. The molecule has 1 aliphatic heterocycles. The van der Waals surface area contributed by atoms with Crippen molar-refractivity contribution < 1.29 is 19.1 Å². The van der Waals surface area contributed by atoms with E-state index in [4.69, 9.17) is 21.7 Å². The maximum absolute atomic E-state index is 12.9. The van der Waals surface area contributed by atoms with Crippen LogP contribution in [0.25, 0.3) is 0 Å². The van der Waals surface area contributed by atoms with Crippen molar-refractivity contribution in [2.75, 3.05) is 32.2 Å². The molecule has 0 aliphatic carbocycles. The Morgan fingerprint density at radius 2 is 1.91 bits per heavy atom. The summed E-state index contributed by atoms with van der Waals surface area (Å²) >= 11 is 8.90. The van der Waals surface area contributed by atoms with Crippen LogP contribution in [0.15, 0.2) is 64.3 Å². The normalized spacial score (nSPS) is 15.8. The Bertz CT molecular complexity index is 1070. The Morgan fingerprint density at radius 3 is 2.55 bits per heavy atom. The number of allylic oxidation sites excluding steroid dienone is 1. The number of carbonyl (C=O) groups excluding carboxylic acids is 2. The van der Waals surface area contributed by atoms with Crippen molar-refractivity contribution in [3.05, 3.63) is 75.4 Å². The fraction of sp³-hybridized carbons (Fsp3) is 0.292. The number of carbonyl (C=O) groups is 2. The van der Waals surface area contributed by atoms with Crippen molar-refractivity contribution in [3.8, 4) is 0 Å². The highest BCUT2D eigenvalue weighted by atomic mass is 79.9. The molecule has 0 saturated heterocycles. The summed E-state index contributed by atoms with van der Waals surface area (Å²) in [5.74, 6) is -0.632. The Balaban J connectivity index is 1.83. The van der Waals surface area contributed by atoms with Gasteiger partial charge in [0, 0.05) is 35.1 Å². The van der Waals surface area contributed by atoms with Crippen molar-refractivity contribution in [1.29, 1.82) is 0 Å². The number of hydrogen-bond donors (Lipinski definition) is 2. The summed E-state index contributed by atoms with van der Waals surface area (Å²) in [7, 11) is 1.55. The van der Waals surface area contributed by atoms with Crippen LogP contribution < -0.4 is 10.6 Å². The average Bonchev–Trinajstić information content (AvgIpc) is 2.79. The smallest absolute Gasteiger partial charge is 0.338 e. The lowest BCUT2D eigenvalue weighted by Crippen LogP contribution is -2.47. The van der Waals surface area contributed by atoms with Gasteiger partial charge in [-0.1, -0.05) is 34.1 Å². The fourth-order valence-electron chi connectivity index (χ4n) is 3.56. The van der Waals surface area contributed by atoms with E-state index in [0.29, 0.717) is 35.1 Å². The maximum atomic E-state index is 12.9. The summed E-state index contributed by atoms with van der Waals surface area (Å²) in [5, 5.41) is 6.68. The van der Waals surface area contributed by atoms with Gasteiger partial charge in [0.15, 0.2) is 5.11 Å². The van der Waals surface area contributed by atoms with E-state index in [1.807, 2.05) is 36.9 Å². The third-order valence-corrected chi connectivity index (χ3v) is 6.07. The quantitative estimate of drug-likeness (QED) is 0.296. The van der Waals surface area contributed by atoms with Gasteiger partial charge in [0.1, 0.15) is 6.61 Å². The van der Waals surface area contributed by atoms with Crippen molar-refractivity contribution >= 4 is 50.8 Å². The van der Waals surface area contributed by atoms with E-state index in [2.05, 4.69) is 26.6 Å². The minimum absolute atomic E-state index is 0.163. The molecule has 2 aromatic carbocycles. The number of hydrogen-bond acceptors (Lipinski definition) is 5. The zero-order valence-corrected chi connectivity index (χ0v) is 21.1. The van der Waals surface area contributed by atoms with Gasteiger partial charge in [-0.15, -0.1) is 0 Å². The molecule has 33 heavy (non-hydrogen) atoms. The molecule has 1 unspecified atom stereocenters. The second-order valence-electron chi connectivity index (χ2n) is 7.34. The number of ether oxygens (including phenoxy) is 2. The van der Waals surface area contributed by atoms with E-state index in [1.54, 1.807) is 37.4 Å². The first kappa shape index (κ1) is 24.9. The predicted octanol–water partition coefficient (Wildman–Crippen LogP) is 4.42. The number of esters is 1. The predicted molar refractivity (Wildman–Crippen MR) is 135 cm³/mol. The molecule has 174 valence electrons. The second-order valence-corrected chi connectivity index (χ2v) is 8.64. The number of halogens is 1. The van der Waals surface area contributed by atoms with Crippen LogP contribution in [0.5, 0.6) is 0 Å². The molecule has 1 atom stereocenters. The van der Waals surface area contributed by atoms with Crippen LogP contribution in [0.1, 0.15) is 35.8 Å². The van der Waals surface area contributed by atoms with Gasteiger partial charge in [0.25, 0.3) is 5.91 Å². The van der Waals surface area contributed by atoms with Gasteiger partial charge in [-0.3, -0.25) is 4.79 Å². The van der Waals surface area contributed by atoms with Crippen LogP contribution in [-0.2, 0) is 14.3 Å². The number of anilines is 1. The first-order valence-electron chi connectivity index (χ1n) is 10.5. The van der Waals surface area contributed by atoms with Crippen LogP contribution in [0.2, 0.25) is 0 Å². The van der Waals surface area contributed by atoms with Crippen LogP contribution in [0, 0.1) is 0 Å². The highest BCUT2D eigenvalue weighted by Gasteiger charge is 2.34. The van der Waals surface area contributed by atoms with E-state index in [-0.39, 0.29) is 12.5 Å². The van der Waals surface area contributed by atoms with Gasteiger partial charge in [-0.2, -0.15) is 0 Å². The number of thiocarbonyl (C=S) groups is 1. The maximum Gasteiger partial charge on any atom is 0.338 e. The number of amides is 1. The van der Waals surface area contributed by atoms with E-state index in [0.717, 1.165) is 15.7 Å². The lowest BCUT2D eigenvalue weighted by molar-refractivity contribution is -0.140. The molecule has 0 radical (unpaired) electrons. The molecule has 2 aromatic rings. The Kier molecular flexibility index (Phi) is 8.60. The molecular weight excluding hydrogens is 506 g/mol. The van der Waals surface area contributed by atoms with E-state index in [9.17, 15) is 9.59 Å². The standard InChI is InChI=1S/C24H26BrN3O4S/c1-4-28-15(2)20(23(30)32-13-12-31-3)21(27-24(28)33)16-8-10-19(11-9-16)26-22(29)17-6-5-7-18(25)14-17/h5-11,14,21H,4,12-13H2,1-3H3,(H,26,29)(H,27,33). The largest absolute Gasteiger partial charge is 0.460 e. The highest BCUT2D eigenvalue weighted by Crippen LogP contribution is 2.32. The summed E-state index contributed by atoms with van der Waals surface area (Å²) in [4.78, 5) is 27.3. The van der Waals surface area contributed by atoms with Gasteiger partial charge in [-0.25, -0.2) is 4.79 Å². The zero-order valence-electron chi connectivity index (χ0n) is 18.7. The monoisotopic (exact) mass is 531 g/mol. The second kappa shape index (κ2) is 11.4. The third-order valence-electron chi connectivity index (χ3n) is 5.24. The summed E-state index contributed by atoms with van der Waals surface area (Å²) in [6, 6.07) is 14.0. The fourth-order valence-corrected chi connectivity index (χ4v) is 4.35. The molecule has 0 spiro atoms. The van der Waals surface area contributed by atoms with E-state index < -0.39 is 12.0 Å². The van der Waals surface area contributed by atoms with Crippen molar-refractivity contribution in [2.45, 2.75) is 19.9 Å². The molecule has 1 amide bonds. The Labute approximate surface area is 207 Å². The number of nitrogens with one attached hydrogen (secondary N) is 2. The Hall–Kier alpha value is -2.75. The van der Waals surface area contributed by atoms with Crippen LogP contribution in [-0.4, -0.2) is 48.8 Å². The van der Waals surface area contributed by atoms with E-state index >= 15 is 0 Å². The molecule has 1 heterocycles. The van der Waals surface area contributed by atoms with Gasteiger partial charge in [-0.05, 0) is 62.0 Å². The number of rotatable bonds is 8. The molecule has 3 rings (SSSR count). The lowest BCUT2D eigenvalue weighted by Gasteiger charge is -2.37. The summed E-state index contributed by atoms with van der Waals surface area (Å²) in [5.41, 5.74) is 3.26. The molecule has 0 bridgehead atoms. The molecule has 0 saturated carbocycles. The molecular formula is C24H26BrN3O4S. The SMILES string of the molecule is CCN1C(=S)NC(c2ccc(NC(=O)c3cccc(Br)c3)cc2)C(C(=O)OCCOC)=C1C. The minimum atomic E-state index is -0.467. The minimum Gasteiger partial charge on any atom is -0.460 e. The van der Waals surface area contributed by atoms with Gasteiger partial charge in [0.2, 0.25) is 0 Å². The summed E-state index contributed by atoms with van der Waals surface area (Å²) < 4.78 is 11.2. The molecule has 0 aromatic heterocycles. The van der Waals surface area contributed by atoms with Crippen molar-refractivity contribution in [3.63, 3.8) is 0 Å². The van der Waals surface area contributed by atoms with Crippen molar-refractivity contribution in [2.24, 2.45) is 0 Å². The molecule has 1 aliphatic rings. The van der Waals surface area contributed by atoms with Gasteiger partial charge < -0.3 is 25.0 Å². The van der Waals surface area contributed by atoms with E-state index in [1.165, 1.54) is 0 Å². The Morgan fingerprint density at radius 1 is 1.18 bits per heavy atom. The highest BCUT2D eigenvalue weighted by molar-refractivity contribution is 9.10. The number of nitrogens with zero attached hydrogens (tertiary/aromatic N) is 1. The lowest BCUT2D eigenvalue weighted by atomic mass is 9.95. The van der Waals surface area contributed by atoms with Crippen LogP contribution >= 0.6 is 28.1 Å². The first-order chi connectivity index (χ1) is 15.8. The molecule has 7 nitrogen and oxygen atoms in total. The molecule has 9 heteroatoms. The van der Waals surface area contributed by atoms with Gasteiger partial charge >= 0.3 is 5.97 Å². The summed E-state index contributed by atoms with van der Waals surface area (Å²) in [6.45, 7) is 4.94. The third kappa shape index (κ3) is 5.98. The molecule has 2 N–H and O–H groups in total. The van der Waals surface area contributed by atoms with Crippen molar-refractivity contribution in [1.82, 2.24) is 10.2 Å². The van der Waals surface area contributed by atoms with Gasteiger partial charge in [0.05, 0.1) is 18.2 Å². The zero-order chi connectivity index (χ0) is 24.0. The number of benzene rings is 2. The topological polar surface area (TPSA) is 79.9 Å². The van der Waals surface area contributed by atoms with Crippen LogP contribution in [0.3, 0.4) is 0 Å². The number of methoxy groups -OCH3 is 1. The molecule has 0 fully saturated rings. The van der Waals surface area contributed by atoms with Crippen LogP contribution in [0.4, 0.5) is 5.69 Å².